The van der Waals surface area contributed by atoms with Crippen LogP contribution in [0.15, 0.2) is 12.4 Å². The summed E-state index contributed by atoms with van der Waals surface area (Å²) in [5.41, 5.74) is 0.983. The van der Waals surface area contributed by atoms with Crippen molar-refractivity contribution >= 4 is 5.82 Å². The summed E-state index contributed by atoms with van der Waals surface area (Å²) in [6, 6.07) is 2.01. The van der Waals surface area contributed by atoms with Crippen molar-refractivity contribution in [2.45, 2.75) is 6.92 Å². The van der Waals surface area contributed by atoms with E-state index in [-0.39, 0.29) is 6.61 Å². The van der Waals surface area contributed by atoms with Crippen LogP contribution in [0, 0.1) is 18.8 Å². The Morgan fingerprint density at radius 2 is 2.06 bits per heavy atom. The number of anilines is 1. The second-order valence-electron chi connectivity index (χ2n) is 5.39. The average Bonchev–Trinajstić information content (AvgIpc) is 2.71. The van der Waals surface area contributed by atoms with E-state index < -0.39 is 0 Å². The number of aryl methyl sites for hydroxylation is 1. The maximum Gasteiger partial charge on any atom is 0.132 e. The molecule has 0 amide bonds. The first-order valence-corrected chi connectivity index (χ1v) is 6.39. The first-order valence-electron chi connectivity index (χ1n) is 6.39. The third kappa shape index (κ3) is 2.97. The third-order valence-electron chi connectivity index (χ3n) is 3.52. The Morgan fingerprint density at radius 1 is 1.33 bits per heavy atom. The summed E-state index contributed by atoms with van der Waals surface area (Å²) in [7, 11) is 4.15. The molecule has 1 saturated heterocycles. The molecule has 2 heterocycles. The van der Waals surface area contributed by atoms with Crippen molar-refractivity contribution in [2.75, 3.05) is 45.2 Å². The maximum absolute atomic E-state index is 9.49. The second-order valence-corrected chi connectivity index (χ2v) is 5.39. The standard InChI is InChI=1S/C13H22N4O/c1-10-4-13(15-9-14-10)17-6-11(5-16(2)3)12(7-17)8-18/h4,9,11-12,18H,5-8H2,1-3H3/t11-,12-/m1/s1. The fraction of sp³-hybridized carbons (Fsp3) is 0.692. The lowest BCUT2D eigenvalue weighted by Gasteiger charge is -2.20. The van der Waals surface area contributed by atoms with E-state index in [1.807, 2.05) is 13.0 Å². The molecule has 0 unspecified atom stereocenters. The summed E-state index contributed by atoms with van der Waals surface area (Å²) in [5, 5.41) is 9.49. The minimum atomic E-state index is 0.249. The number of nitrogens with zero attached hydrogens (tertiary/aromatic N) is 4. The number of aliphatic hydroxyl groups excluding tert-OH is 1. The molecule has 2 atom stereocenters. The number of aromatic nitrogens is 2. The van der Waals surface area contributed by atoms with E-state index in [1.54, 1.807) is 6.33 Å². The van der Waals surface area contributed by atoms with Gasteiger partial charge >= 0.3 is 0 Å². The van der Waals surface area contributed by atoms with Crippen LogP contribution in [0.3, 0.4) is 0 Å². The molecule has 0 spiro atoms. The monoisotopic (exact) mass is 250 g/mol. The van der Waals surface area contributed by atoms with Gasteiger partial charge in [0.15, 0.2) is 0 Å². The Labute approximate surface area is 108 Å². The van der Waals surface area contributed by atoms with Crippen LogP contribution in [0.5, 0.6) is 0 Å². The van der Waals surface area contributed by atoms with Crippen LogP contribution in [0.1, 0.15) is 5.69 Å². The van der Waals surface area contributed by atoms with Gasteiger partial charge in [0.2, 0.25) is 0 Å². The van der Waals surface area contributed by atoms with Crippen molar-refractivity contribution in [3.8, 4) is 0 Å². The molecule has 0 aliphatic carbocycles. The zero-order valence-electron chi connectivity index (χ0n) is 11.4. The van der Waals surface area contributed by atoms with Gasteiger partial charge in [-0.15, -0.1) is 0 Å². The van der Waals surface area contributed by atoms with Crippen LogP contribution in [0.2, 0.25) is 0 Å². The van der Waals surface area contributed by atoms with Gasteiger partial charge < -0.3 is 14.9 Å². The molecule has 0 radical (unpaired) electrons. The molecule has 1 N–H and O–H groups in total. The van der Waals surface area contributed by atoms with Gasteiger partial charge in [0.25, 0.3) is 0 Å². The first-order chi connectivity index (χ1) is 8.60. The van der Waals surface area contributed by atoms with E-state index in [0.717, 1.165) is 31.1 Å². The van der Waals surface area contributed by atoms with Crippen LogP contribution in [-0.2, 0) is 0 Å². The van der Waals surface area contributed by atoms with Gasteiger partial charge in [-0.25, -0.2) is 9.97 Å². The first kappa shape index (κ1) is 13.2. The summed E-state index contributed by atoms with van der Waals surface area (Å²) in [6.07, 6.45) is 1.61. The maximum atomic E-state index is 9.49. The SMILES string of the molecule is Cc1cc(N2C[C@@H](CN(C)C)[C@@H](CO)C2)ncn1. The van der Waals surface area contributed by atoms with Crippen molar-refractivity contribution in [3.63, 3.8) is 0 Å². The molecular formula is C13H22N4O. The van der Waals surface area contributed by atoms with E-state index in [9.17, 15) is 5.11 Å². The molecular weight excluding hydrogens is 228 g/mol. The number of aliphatic hydroxyl groups is 1. The van der Waals surface area contributed by atoms with Crippen molar-refractivity contribution in [1.82, 2.24) is 14.9 Å². The molecule has 18 heavy (non-hydrogen) atoms. The van der Waals surface area contributed by atoms with Crippen LogP contribution >= 0.6 is 0 Å². The van der Waals surface area contributed by atoms with Gasteiger partial charge in [-0.1, -0.05) is 0 Å². The van der Waals surface area contributed by atoms with E-state index in [1.165, 1.54) is 0 Å². The van der Waals surface area contributed by atoms with Crippen LogP contribution in [0.4, 0.5) is 5.82 Å². The lowest BCUT2D eigenvalue weighted by atomic mass is 9.97. The highest BCUT2D eigenvalue weighted by molar-refractivity contribution is 5.40. The predicted molar refractivity (Wildman–Crippen MR) is 71.6 cm³/mol. The lowest BCUT2D eigenvalue weighted by molar-refractivity contribution is 0.185. The lowest BCUT2D eigenvalue weighted by Crippen LogP contribution is -2.28. The fourth-order valence-corrected chi connectivity index (χ4v) is 2.62. The van der Waals surface area contributed by atoms with Crippen molar-refractivity contribution in [2.24, 2.45) is 11.8 Å². The number of hydrogen-bond donors (Lipinski definition) is 1. The minimum Gasteiger partial charge on any atom is -0.396 e. The minimum absolute atomic E-state index is 0.249. The summed E-state index contributed by atoms with van der Waals surface area (Å²) >= 11 is 0. The summed E-state index contributed by atoms with van der Waals surface area (Å²) in [4.78, 5) is 12.9. The molecule has 5 heteroatoms. The Kier molecular flexibility index (Phi) is 4.14. The zero-order chi connectivity index (χ0) is 13.1. The Balaban J connectivity index is 2.08. The quantitative estimate of drug-likeness (QED) is 0.838. The highest BCUT2D eigenvalue weighted by Gasteiger charge is 2.33. The van der Waals surface area contributed by atoms with Crippen LogP contribution in [-0.4, -0.2) is 60.3 Å². The molecule has 1 aromatic rings. The molecule has 1 fully saturated rings. The normalized spacial score (nSPS) is 23.9. The van der Waals surface area contributed by atoms with Gasteiger partial charge in [-0.2, -0.15) is 0 Å². The summed E-state index contributed by atoms with van der Waals surface area (Å²) < 4.78 is 0. The topological polar surface area (TPSA) is 52.5 Å². The fourth-order valence-electron chi connectivity index (χ4n) is 2.62. The van der Waals surface area contributed by atoms with Crippen LogP contribution < -0.4 is 4.90 Å². The molecule has 1 aromatic heterocycles. The molecule has 0 aromatic carbocycles. The molecule has 2 rings (SSSR count). The summed E-state index contributed by atoms with van der Waals surface area (Å²) in [6.45, 7) is 5.07. The van der Waals surface area contributed by atoms with Crippen molar-refractivity contribution in [3.05, 3.63) is 18.1 Å². The van der Waals surface area contributed by atoms with Crippen LogP contribution in [0.25, 0.3) is 0 Å². The second kappa shape index (κ2) is 5.63. The predicted octanol–water partition coefficient (Wildman–Crippen LogP) is 0.391. The highest BCUT2D eigenvalue weighted by Crippen LogP contribution is 2.27. The van der Waals surface area contributed by atoms with E-state index >= 15 is 0 Å². The highest BCUT2D eigenvalue weighted by atomic mass is 16.3. The van der Waals surface area contributed by atoms with E-state index in [0.29, 0.717) is 11.8 Å². The Bertz CT molecular complexity index is 396. The van der Waals surface area contributed by atoms with Gasteiger partial charge in [0.1, 0.15) is 12.1 Å². The Hall–Kier alpha value is -1.20. The van der Waals surface area contributed by atoms with Crippen molar-refractivity contribution in [1.29, 1.82) is 0 Å². The van der Waals surface area contributed by atoms with Gasteiger partial charge in [-0.3, -0.25) is 0 Å². The zero-order valence-corrected chi connectivity index (χ0v) is 11.4. The molecule has 5 nitrogen and oxygen atoms in total. The number of hydrogen-bond acceptors (Lipinski definition) is 5. The average molecular weight is 250 g/mol. The number of rotatable bonds is 4. The van der Waals surface area contributed by atoms with Gasteiger partial charge in [0, 0.05) is 43.9 Å². The molecule has 1 aliphatic heterocycles. The molecule has 100 valence electrons. The van der Waals surface area contributed by atoms with Crippen molar-refractivity contribution < 1.29 is 5.11 Å². The molecule has 0 bridgehead atoms. The van der Waals surface area contributed by atoms with Gasteiger partial charge in [0.05, 0.1) is 0 Å². The van der Waals surface area contributed by atoms with Gasteiger partial charge in [-0.05, 0) is 26.9 Å². The van der Waals surface area contributed by atoms with E-state index in [4.69, 9.17) is 0 Å². The smallest absolute Gasteiger partial charge is 0.132 e. The third-order valence-corrected chi connectivity index (χ3v) is 3.52. The van der Waals surface area contributed by atoms with E-state index in [2.05, 4.69) is 33.9 Å². The molecule has 0 saturated carbocycles. The largest absolute Gasteiger partial charge is 0.396 e. The summed E-state index contributed by atoms with van der Waals surface area (Å²) in [5.74, 6) is 1.81. The Morgan fingerprint density at radius 3 is 2.67 bits per heavy atom. The molecule has 1 aliphatic rings.